The first-order valence-corrected chi connectivity index (χ1v) is 9.69. The number of fused-ring (bicyclic) bond motifs is 1. The number of aromatic nitrogens is 2. The van der Waals surface area contributed by atoms with Crippen molar-refractivity contribution in [2.75, 3.05) is 38.3 Å². The van der Waals surface area contributed by atoms with Gasteiger partial charge in [-0.05, 0) is 31.7 Å². The molecule has 2 heterocycles. The van der Waals surface area contributed by atoms with Crippen LogP contribution in [0.25, 0.3) is 10.9 Å². The molecule has 1 saturated heterocycles. The van der Waals surface area contributed by atoms with Crippen molar-refractivity contribution in [3.63, 3.8) is 0 Å². The Morgan fingerprint density at radius 2 is 2.00 bits per heavy atom. The Hall–Kier alpha value is -2.41. The summed E-state index contributed by atoms with van der Waals surface area (Å²) in [5.74, 6) is 1.08. The van der Waals surface area contributed by atoms with E-state index >= 15 is 0 Å². The SMILES string of the molecule is CNC(=O)[C@H]1CC[C@@H](Oc2cc(N3CCOCC3)cc3ncncc23)CC1. The third-order valence-corrected chi connectivity index (χ3v) is 5.53. The van der Waals surface area contributed by atoms with E-state index in [1.54, 1.807) is 13.4 Å². The number of amides is 1. The fourth-order valence-electron chi connectivity index (χ4n) is 3.97. The number of carbonyl (C=O) groups excluding carboxylic acids is 1. The molecule has 2 fully saturated rings. The van der Waals surface area contributed by atoms with Crippen LogP contribution in [0.15, 0.2) is 24.7 Å². The molecule has 1 aliphatic carbocycles. The average molecular weight is 370 g/mol. The summed E-state index contributed by atoms with van der Waals surface area (Å²) in [5.41, 5.74) is 2.00. The lowest BCUT2D eigenvalue weighted by atomic mass is 9.87. The van der Waals surface area contributed by atoms with E-state index in [0.29, 0.717) is 0 Å². The molecule has 7 heteroatoms. The number of carbonyl (C=O) groups is 1. The maximum atomic E-state index is 11.8. The summed E-state index contributed by atoms with van der Waals surface area (Å²) < 4.78 is 11.9. The Balaban J connectivity index is 1.54. The van der Waals surface area contributed by atoms with Gasteiger partial charge in [-0.1, -0.05) is 0 Å². The lowest BCUT2D eigenvalue weighted by Crippen LogP contribution is -2.36. The zero-order valence-corrected chi connectivity index (χ0v) is 15.7. The standard InChI is InChI=1S/C20H26N4O3/c1-21-20(25)14-2-4-16(5-3-14)27-19-11-15(24-6-8-26-9-7-24)10-18-17(19)12-22-13-23-18/h10-14,16H,2-9H2,1H3,(H,21,25)/t14-,16+. The van der Waals surface area contributed by atoms with Gasteiger partial charge in [0.25, 0.3) is 0 Å². The van der Waals surface area contributed by atoms with Crippen molar-refractivity contribution in [3.05, 3.63) is 24.7 Å². The molecule has 0 unspecified atom stereocenters. The first-order chi connectivity index (χ1) is 13.2. The highest BCUT2D eigenvalue weighted by atomic mass is 16.5. The highest BCUT2D eigenvalue weighted by Gasteiger charge is 2.27. The predicted octanol–water partition coefficient (Wildman–Crippen LogP) is 2.15. The molecular formula is C20H26N4O3. The first kappa shape index (κ1) is 18.0. The minimum Gasteiger partial charge on any atom is -0.490 e. The van der Waals surface area contributed by atoms with Crippen molar-refractivity contribution in [2.24, 2.45) is 5.92 Å². The number of hydrogen-bond acceptors (Lipinski definition) is 6. The van der Waals surface area contributed by atoms with Crippen molar-refractivity contribution in [1.82, 2.24) is 15.3 Å². The zero-order valence-electron chi connectivity index (χ0n) is 15.7. The van der Waals surface area contributed by atoms with Gasteiger partial charge in [0.15, 0.2) is 0 Å². The van der Waals surface area contributed by atoms with Crippen LogP contribution in [0.2, 0.25) is 0 Å². The van der Waals surface area contributed by atoms with Crippen LogP contribution in [0.4, 0.5) is 5.69 Å². The second-order valence-electron chi connectivity index (χ2n) is 7.20. The van der Waals surface area contributed by atoms with Gasteiger partial charge in [0.05, 0.1) is 30.2 Å². The van der Waals surface area contributed by atoms with Crippen LogP contribution in [0.1, 0.15) is 25.7 Å². The van der Waals surface area contributed by atoms with Crippen LogP contribution in [0.3, 0.4) is 0 Å². The van der Waals surface area contributed by atoms with Crippen LogP contribution in [0.5, 0.6) is 5.75 Å². The Morgan fingerprint density at radius 3 is 2.74 bits per heavy atom. The van der Waals surface area contributed by atoms with Crippen LogP contribution in [-0.2, 0) is 9.53 Å². The molecule has 2 aliphatic rings. The first-order valence-electron chi connectivity index (χ1n) is 9.69. The van der Waals surface area contributed by atoms with Gasteiger partial charge < -0.3 is 19.7 Å². The molecule has 0 bridgehead atoms. The van der Waals surface area contributed by atoms with Crippen LogP contribution < -0.4 is 15.0 Å². The van der Waals surface area contributed by atoms with Gasteiger partial charge in [0, 0.05) is 44.0 Å². The van der Waals surface area contributed by atoms with E-state index in [-0.39, 0.29) is 17.9 Å². The van der Waals surface area contributed by atoms with E-state index in [1.807, 2.05) is 6.20 Å². The minimum absolute atomic E-state index is 0.106. The number of morpholine rings is 1. The Morgan fingerprint density at radius 1 is 1.22 bits per heavy atom. The Labute approximate surface area is 159 Å². The number of nitrogens with one attached hydrogen (secondary N) is 1. The molecule has 4 rings (SSSR count). The number of anilines is 1. The second-order valence-corrected chi connectivity index (χ2v) is 7.20. The van der Waals surface area contributed by atoms with Gasteiger partial charge in [-0.3, -0.25) is 4.79 Å². The molecule has 1 amide bonds. The van der Waals surface area contributed by atoms with Gasteiger partial charge in [0.2, 0.25) is 5.91 Å². The van der Waals surface area contributed by atoms with Crippen molar-refractivity contribution in [1.29, 1.82) is 0 Å². The van der Waals surface area contributed by atoms with E-state index in [4.69, 9.17) is 9.47 Å². The van der Waals surface area contributed by atoms with Crippen molar-refractivity contribution >= 4 is 22.5 Å². The largest absolute Gasteiger partial charge is 0.490 e. The second kappa shape index (κ2) is 8.08. The average Bonchev–Trinajstić information content (AvgIpc) is 2.74. The molecule has 1 aliphatic heterocycles. The molecule has 0 atom stereocenters. The van der Waals surface area contributed by atoms with E-state index in [0.717, 1.165) is 74.3 Å². The number of ether oxygens (including phenoxy) is 2. The molecular weight excluding hydrogens is 344 g/mol. The lowest BCUT2D eigenvalue weighted by molar-refractivity contribution is -0.125. The van der Waals surface area contributed by atoms with Crippen molar-refractivity contribution < 1.29 is 14.3 Å². The molecule has 7 nitrogen and oxygen atoms in total. The summed E-state index contributed by atoms with van der Waals surface area (Å²) >= 11 is 0. The summed E-state index contributed by atoms with van der Waals surface area (Å²) in [6.07, 6.45) is 7.00. The van der Waals surface area contributed by atoms with E-state index in [2.05, 4.69) is 32.3 Å². The monoisotopic (exact) mass is 370 g/mol. The molecule has 2 aromatic rings. The topological polar surface area (TPSA) is 76.6 Å². The molecule has 144 valence electrons. The summed E-state index contributed by atoms with van der Waals surface area (Å²) in [5, 5.41) is 3.69. The third-order valence-electron chi connectivity index (χ3n) is 5.53. The maximum absolute atomic E-state index is 11.8. The van der Waals surface area contributed by atoms with Crippen LogP contribution in [-0.4, -0.2) is 55.3 Å². The number of hydrogen-bond donors (Lipinski definition) is 1. The molecule has 1 aromatic carbocycles. The van der Waals surface area contributed by atoms with E-state index < -0.39 is 0 Å². The van der Waals surface area contributed by atoms with E-state index in [1.165, 1.54) is 0 Å². The number of benzene rings is 1. The third kappa shape index (κ3) is 3.98. The van der Waals surface area contributed by atoms with Crippen molar-refractivity contribution in [2.45, 2.75) is 31.8 Å². The zero-order chi connectivity index (χ0) is 18.6. The van der Waals surface area contributed by atoms with Crippen molar-refractivity contribution in [3.8, 4) is 5.75 Å². The molecule has 1 N–H and O–H groups in total. The van der Waals surface area contributed by atoms with Crippen LogP contribution in [0, 0.1) is 5.92 Å². The predicted molar refractivity (Wildman–Crippen MR) is 103 cm³/mol. The Bertz CT molecular complexity index is 799. The highest BCUT2D eigenvalue weighted by Crippen LogP contribution is 2.34. The summed E-state index contributed by atoms with van der Waals surface area (Å²) in [6, 6.07) is 4.19. The number of nitrogens with zero attached hydrogens (tertiary/aromatic N) is 3. The van der Waals surface area contributed by atoms with Gasteiger partial charge in [0.1, 0.15) is 12.1 Å². The molecule has 0 spiro atoms. The summed E-state index contributed by atoms with van der Waals surface area (Å²) in [7, 11) is 1.70. The highest BCUT2D eigenvalue weighted by molar-refractivity contribution is 5.88. The fourth-order valence-corrected chi connectivity index (χ4v) is 3.97. The van der Waals surface area contributed by atoms with Gasteiger partial charge >= 0.3 is 0 Å². The number of rotatable bonds is 4. The minimum atomic E-state index is 0.106. The fraction of sp³-hybridized carbons (Fsp3) is 0.550. The smallest absolute Gasteiger partial charge is 0.222 e. The van der Waals surface area contributed by atoms with E-state index in [9.17, 15) is 4.79 Å². The molecule has 1 aromatic heterocycles. The molecule has 1 saturated carbocycles. The van der Waals surface area contributed by atoms with Crippen LogP contribution >= 0.6 is 0 Å². The van der Waals surface area contributed by atoms with Gasteiger partial charge in [-0.25, -0.2) is 9.97 Å². The lowest BCUT2D eigenvalue weighted by Gasteiger charge is -2.31. The molecule has 27 heavy (non-hydrogen) atoms. The summed E-state index contributed by atoms with van der Waals surface area (Å²) in [6.45, 7) is 3.21. The maximum Gasteiger partial charge on any atom is 0.222 e. The quantitative estimate of drug-likeness (QED) is 0.889. The van der Waals surface area contributed by atoms with Gasteiger partial charge in [-0.15, -0.1) is 0 Å². The molecule has 0 radical (unpaired) electrons. The van der Waals surface area contributed by atoms with Gasteiger partial charge in [-0.2, -0.15) is 0 Å². The summed E-state index contributed by atoms with van der Waals surface area (Å²) in [4.78, 5) is 22.8. The Kier molecular flexibility index (Phi) is 5.38. The normalized spacial score (nSPS) is 23.2.